The molecule has 0 spiro atoms. The first-order chi connectivity index (χ1) is 13.2. The Labute approximate surface area is 161 Å². The van der Waals surface area contributed by atoms with Crippen molar-refractivity contribution in [3.05, 3.63) is 23.8 Å². The first-order valence-electron chi connectivity index (χ1n) is 10.6. The van der Waals surface area contributed by atoms with E-state index in [-0.39, 0.29) is 5.92 Å². The zero-order valence-electron chi connectivity index (χ0n) is 16.4. The number of fused-ring (bicyclic) bond motifs is 3. The average Bonchev–Trinajstić information content (AvgIpc) is 3.35. The van der Waals surface area contributed by atoms with E-state index in [9.17, 15) is 4.79 Å². The van der Waals surface area contributed by atoms with Gasteiger partial charge in [0.25, 0.3) is 0 Å². The molecular weight excluding hydrogens is 340 g/mol. The third kappa shape index (κ3) is 2.65. The van der Waals surface area contributed by atoms with Crippen LogP contribution in [0.4, 0.5) is 0 Å². The standard InChI is InChI=1S/C22H30N2O3/c1-3-14(4-2)22(25)24-12-17(16-5-6-18-19(11-16)27-13-26-18)21-20(24)15-7-9-23(21)10-8-15/h5-6,11,14-15,17,20-21H,3-4,7-10,12-13H2,1-2H3/t17-,20+,21+/m1/s1. The van der Waals surface area contributed by atoms with Crippen LogP contribution in [0.25, 0.3) is 0 Å². The molecule has 5 aliphatic rings. The summed E-state index contributed by atoms with van der Waals surface area (Å²) in [5.74, 6) is 3.26. The van der Waals surface area contributed by atoms with Crippen LogP contribution in [0, 0.1) is 11.8 Å². The van der Waals surface area contributed by atoms with Crippen molar-refractivity contribution < 1.29 is 14.3 Å². The Balaban J connectivity index is 1.50. The van der Waals surface area contributed by atoms with E-state index in [0.717, 1.165) is 30.9 Å². The van der Waals surface area contributed by atoms with Crippen LogP contribution in [0.3, 0.4) is 0 Å². The molecule has 2 bridgehead atoms. The van der Waals surface area contributed by atoms with E-state index >= 15 is 0 Å². The molecule has 5 heterocycles. The molecule has 5 aliphatic heterocycles. The first-order valence-corrected chi connectivity index (χ1v) is 10.6. The zero-order chi connectivity index (χ0) is 18.5. The fourth-order valence-corrected chi connectivity index (χ4v) is 5.98. The number of nitrogens with zero attached hydrogens (tertiary/aromatic N) is 2. The van der Waals surface area contributed by atoms with Crippen molar-refractivity contribution in [3.63, 3.8) is 0 Å². The van der Waals surface area contributed by atoms with Crippen LogP contribution >= 0.6 is 0 Å². The van der Waals surface area contributed by atoms with Gasteiger partial charge in [-0.3, -0.25) is 9.69 Å². The van der Waals surface area contributed by atoms with Crippen molar-refractivity contribution in [2.75, 3.05) is 26.4 Å². The van der Waals surface area contributed by atoms with Crippen LogP contribution in [0.5, 0.6) is 11.5 Å². The molecule has 146 valence electrons. The predicted molar refractivity (Wildman–Crippen MR) is 103 cm³/mol. The van der Waals surface area contributed by atoms with Crippen LogP contribution in [0.1, 0.15) is 51.0 Å². The second-order valence-electron chi connectivity index (χ2n) is 8.58. The summed E-state index contributed by atoms with van der Waals surface area (Å²) in [5, 5.41) is 0. The van der Waals surface area contributed by atoms with Crippen LogP contribution in [0.15, 0.2) is 18.2 Å². The van der Waals surface area contributed by atoms with Crippen molar-refractivity contribution in [1.82, 2.24) is 9.80 Å². The summed E-state index contributed by atoms with van der Waals surface area (Å²) in [5.41, 5.74) is 1.29. The van der Waals surface area contributed by atoms with Crippen molar-refractivity contribution in [2.45, 2.75) is 57.5 Å². The van der Waals surface area contributed by atoms with Crippen molar-refractivity contribution in [2.24, 2.45) is 11.8 Å². The van der Waals surface area contributed by atoms with Gasteiger partial charge in [-0.1, -0.05) is 19.9 Å². The van der Waals surface area contributed by atoms with Crippen molar-refractivity contribution >= 4 is 5.91 Å². The summed E-state index contributed by atoms with van der Waals surface area (Å²) in [6.45, 7) is 7.80. The SMILES string of the molecule is CCC(CC)C(=O)N1C[C@H](c2ccc3c(c2)OCO3)[C@H]2[C@@H]1C1CCN2CC1. The molecule has 4 saturated heterocycles. The molecule has 0 radical (unpaired) electrons. The summed E-state index contributed by atoms with van der Waals surface area (Å²) >= 11 is 0. The maximum atomic E-state index is 13.4. The van der Waals surface area contributed by atoms with Gasteiger partial charge in [0.05, 0.1) is 6.04 Å². The Morgan fingerprint density at radius 1 is 1.11 bits per heavy atom. The lowest BCUT2D eigenvalue weighted by atomic mass is 9.75. The first kappa shape index (κ1) is 17.4. The topological polar surface area (TPSA) is 42.0 Å². The molecule has 27 heavy (non-hydrogen) atoms. The van der Waals surface area contributed by atoms with Gasteiger partial charge in [0.2, 0.25) is 12.7 Å². The highest BCUT2D eigenvalue weighted by Crippen LogP contribution is 2.48. The molecular formula is C22H30N2O3. The largest absolute Gasteiger partial charge is 0.454 e. The molecule has 5 nitrogen and oxygen atoms in total. The Kier molecular flexibility index (Phi) is 4.30. The second-order valence-corrected chi connectivity index (χ2v) is 8.58. The average molecular weight is 370 g/mol. The van der Waals surface area contributed by atoms with Gasteiger partial charge in [-0.25, -0.2) is 0 Å². The molecule has 0 saturated carbocycles. The van der Waals surface area contributed by atoms with Crippen molar-refractivity contribution in [3.8, 4) is 11.5 Å². The highest BCUT2D eigenvalue weighted by molar-refractivity contribution is 5.80. The maximum Gasteiger partial charge on any atom is 0.231 e. The summed E-state index contributed by atoms with van der Waals surface area (Å²) < 4.78 is 11.1. The Hall–Kier alpha value is -1.75. The lowest BCUT2D eigenvalue weighted by Crippen LogP contribution is -2.61. The van der Waals surface area contributed by atoms with Gasteiger partial charge in [-0.15, -0.1) is 0 Å². The number of carbonyl (C=O) groups excluding carboxylic acids is 1. The van der Waals surface area contributed by atoms with Gasteiger partial charge in [-0.05, 0) is 62.4 Å². The highest BCUT2D eigenvalue weighted by atomic mass is 16.7. The van der Waals surface area contributed by atoms with E-state index in [1.807, 2.05) is 6.07 Å². The van der Waals surface area contributed by atoms with Gasteiger partial charge in [0, 0.05) is 24.4 Å². The zero-order valence-corrected chi connectivity index (χ0v) is 16.4. The van der Waals surface area contributed by atoms with Crippen LogP contribution < -0.4 is 9.47 Å². The molecule has 1 aromatic rings. The number of piperidine rings is 3. The van der Waals surface area contributed by atoms with Crippen LogP contribution in [-0.2, 0) is 4.79 Å². The Bertz CT molecular complexity index is 724. The number of hydrogen-bond acceptors (Lipinski definition) is 4. The van der Waals surface area contributed by atoms with E-state index in [1.165, 1.54) is 31.5 Å². The molecule has 6 rings (SSSR count). The fraction of sp³-hybridized carbons (Fsp3) is 0.682. The number of rotatable bonds is 4. The Morgan fingerprint density at radius 3 is 2.59 bits per heavy atom. The van der Waals surface area contributed by atoms with Gasteiger partial charge in [-0.2, -0.15) is 0 Å². The minimum Gasteiger partial charge on any atom is -0.454 e. The predicted octanol–water partition coefficient (Wildman–Crippen LogP) is 3.24. The van der Waals surface area contributed by atoms with E-state index in [4.69, 9.17) is 9.47 Å². The minimum atomic E-state index is 0.164. The third-order valence-electron chi connectivity index (χ3n) is 7.44. The monoisotopic (exact) mass is 370 g/mol. The summed E-state index contributed by atoms with van der Waals surface area (Å²) in [7, 11) is 0. The second kappa shape index (κ2) is 6.69. The number of benzene rings is 1. The molecule has 3 atom stereocenters. The fourth-order valence-electron chi connectivity index (χ4n) is 5.98. The third-order valence-corrected chi connectivity index (χ3v) is 7.44. The van der Waals surface area contributed by atoms with Crippen molar-refractivity contribution in [1.29, 1.82) is 0 Å². The van der Waals surface area contributed by atoms with Gasteiger partial charge >= 0.3 is 0 Å². The molecule has 1 aromatic carbocycles. The van der Waals surface area contributed by atoms with E-state index in [1.54, 1.807) is 0 Å². The molecule has 1 amide bonds. The molecule has 5 heteroatoms. The maximum absolute atomic E-state index is 13.4. The lowest BCUT2D eigenvalue weighted by Gasteiger charge is -2.51. The molecule has 0 N–H and O–H groups in total. The minimum absolute atomic E-state index is 0.164. The number of carbonyl (C=O) groups is 1. The number of likely N-dealkylation sites (tertiary alicyclic amines) is 1. The summed E-state index contributed by atoms with van der Waals surface area (Å²) in [4.78, 5) is 18.3. The number of amides is 1. The number of ether oxygens (including phenoxy) is 2. The summed E-state index contributed by atoms with van der Waals surface area (Å²) in [6, 6.07) is 7.21. The summed E-state index contributed by atoms with van der Waals surface area (Å²) in [6.07, 6.45) is 4.35. The van der Waals surface area contributed by atoms with Gasteiger partial charge in [0.15, 0.2) is 11.5 Å². The van der Waals surface area contributed by atoms with Crippen LogP contribution in [-0.4, -0.2) is 54.2 Å². The van der Waals surface area contributed by atoms with Gasteiger partial charge < -0.3 is 14.4 Å². The molecule has 0 unspecified atom stereocenters. The normalized spacial score (nSPS) is 33.6. The molecule has 0 aliphatic carbocycles. The molecule has 4 fully saturated rings. The Morgan fingerprint density at radius 2 is 1.85 bits per heavy atom. The van der Waals surface area contributed by atoms with E-state index < -0.39 is 0 Å². The number of hydrogen-bond donors (Lipinski definition) is 0. The highest BCUT2D eigenvalue weighted by Gasteiger charge is 2.55. The molecule has 0 aromatic heterocycles. The smallest absolute Gasteiger partial charge is 0.231 e. The van der Waals surface area contributed by atoms with Gasteiger partial charge in [0.1, 0.15) is 0 Å². The van der Waals surface area contributed by atoms with E-state index in [2.05, 4.69) is 35.8 Å². The van der Waals surface area contributed by atoms with Crippen LogP contribution in [0.2, 0.25) is 0 Å². The lowest BCUT2D eigenvalue weighted by molar-refractivity contribution is -0.140. The quantitative estimate of drug-likeness (QED) is 0.816. The van der Waals surface area contributed by atoms with E-state index in [0.29, 0.717) is 36.6 Å².